The van der Waals surface area contributed by atoms with E-state index in [-0.39, 0.29) is 30.4 Å². The summed E-state index contributed by atoms with van der Waals surface area (Å²) in [5.41, 5.74) is 3.09. The molecule has 7 heteroatoms. The van der Waals surface area contributed by atoms with Gasteiger partial charge in [-0.25, -0.2) is 0 Å². The number of nitrogens with zero attached hydrogens (tertiary/aromatic N) is 2. The van der Waals surface area contributed by atoms with E-state index in [1.54, 1.807) is 0 Å². The molecule has 0 aliphatic heterocycles. The van der Waals surface area contributed by atoms with E-state index in [9.17, 15) is 14.9 Å². The van der Waals surface area contributed by atoms with Gasteiger partial charge in [0, 0.05) is 41.7 Å². The Morgan fingerprint density at radius 2 is 2.00 bits per heavy atom. The van der Waals surface area contributed by atoms with Gasteiger partial charge in [0.1, 0.15) is 0 Å². The maximum absolute atomic E-state index is 11.9. The SMILES string of the molecule is CCn1ccc2cc(-c3cc(CCC(=O)O)cc([N+](=O)[O-])c3OC3CCCC3)ccc21. The van der Waals surface area contributed by atoms with Crippen LogP contribution in [0.15, 0.2) is 42.6 Å². The second kappa shape index (κ2) is 8.79. The van der Waals surface area contributed by atoms with E-state index in [1.807, 2.05) is 36.5 Å². The molecule has 3 aromatic rings. The molecule has 0 unspecified atom stereocenters. The van der Waals surface area contributed by atoms with Gasteiger partial charge in [-0.1, -0.05) is 6.07 Å². The predicted molar refractivity (Wildman–Crippen MR) is 119 cm³/mol. The highest BCUT2D eigenvalue weighted by atomic mass is 16.6. The zero-order chi connectivity index (χ0) is 22.0. The van der Waals surface area contributed by atoms with Crippen molar-refractivity contribution in [2.24, 2.45) is 0 Å². The van der Waals surface area contributed by atoms with Crippen LogP contribution in [0.3, 0.4) is 0 Å². The molecule has 1 aliphatic rings. The van der Waals surface area contributed by atoms with Gasteiger partial charge >= 0.3 is 11.7 Å². The summed E-state index contributed by atoms with van der Waals surface area (Å²) in [7, 11) is 0. The summed E-state index contributed by atoms with van der Waals surface area (Å²) in [4.78, 5) is 22.6. The van der Waals surface area contributed by atoms with Crippen molar-refractivity contribution in [3.05, 3.63) is 58.3 Å². The number of benzene rings is 2. The van der Waals surface area contributed by atoms with Crippen molar-refractivity contribution >= 4 is 22.6 Å². The largest absolute Gasteiger partial charge is 0.483 e. The number of aromatic nitrogens is 1. The number of fused-ring (bicyclic) bond motifs is 1. The van der Waals surface area contributed by atoms with E-state index < -0.39 is 10.9 Å². The highest BCUT2D eigenvalue weighted by molar-refractivity contribution is 5.88. The first kappa shape index (κ1) is 20.9. The van der Waals surface area contributed by atoms with Crippen LogP contribution in [0, 0.1) is 10.1 Å². The molecular weight excluding hydrogens is 396 g/mol. The molecule has 1 N–H and O–H groups in total. The Balaban J connectivity index is 1.85. The molecule has 0 amide bonds. The van der Waals surface area contributed by atoms with Gasteiger partial charge in [-0.2, -0.15) is 0 Å². The first-order chi connectivity index (χ1) is 15.0. The number of carbonyl (C=O) groups is 1. The Morgan fingerprint density at radius 1 is 1.23 bits per heavy atom. The molecule has 2 aromatic carbocycles. The number of carboxylic acid groups (broad SMARTS) is 1. The van der Waals surface area contributed by atoms with Crippen LogP contribution in [0.25, 0.3) is 22.0 Å². The molecule has 1 saturated carbocycles. The number of hydrogen-bond acceptors (Lipinski definition) is 4. The van der Waals surface area contributed by atoms with Crippen LogP contribution in [0.5, 0.6) is 5.75 Å². The van der Waals surface area contributed by atoms with Crippen molar-refractivity contribution < 1.29 is 19.6 Å². The van der Waals surface area contributed by atoms with Crippen molar-refractivity contribution in [3.63, 3.8) is 0 Å². The highest BCUT2D eigenvalue weighted by Crippen LogP contribution is 2.42. The maximum Gasteiger partial charge on any atom is 0.311 e. The molecule has 0 saturated heterocycles. The molecule has 0 atom stereocenters. The number of aliphatic carboxylic acids is 1. The molecule has 0 spiro atoms. The van der Waals surface area contributed by atoms with E-state index in [0.717, 1.165) is 48.7 Å². The minimum atomic E-state index is -0.933. The molecule has 0 bridgehead atoms. The fraction of sp³-hybridized carbons (Fsp3) is 0.375. The monoisotopic (exact) mass is 422 g/mol. The first-order valence-corrected chi connectivity index (χ1v) is 10.7. The average Bonchev–Trinajstić information content (AvgIpc) is 3.41. The van der Waals surface area contributed by atoms with Crippen molar-refractivity contribution in [2.75, 3.05) is 0 Å². The second-order valence-corrected chi connectivity index (χ2v) is 8.04. The lowest BCUT2D eigenvalue weighted by Crippen LogP contribution is -2.13. The van der Waals surface area contributed by atoms with Gasteiger partial charge in [-0.05, 0) is 74.4 Å². The van der Waals surface area contributed by atoms with Gasteiger partial charge in [-0.3, -0.25) is 14.9 Å². The van der Waals surface area contributed by atoms with Crippen LogP contribution >= 0.6 is 0 Å². The summed E-state index contributed by atoms with van der Waals surface area (Å²) in [5.74, 6) is -0.650. The molecule has 1 fully saturated rings. The fourth-order valence-corrected chi connectivity index (χ4v) is 4.36. The molecule has 4 rings (SSSR count). The summed E-state index contributed by atoms with van der Waals surface area (Å²) in [6.45, 7) is 2.94. The molecule has 1 aliphatic carbocycles. The van der Waals surface area contributed by atoms with Crippen molar-refractivity contribution in [2.45, 2.75) is 58.1 Å². The van der Waals surface area contributed by atoms with Gasteiger partial charge in [0.05, 0.1) is 11.0 Å². The van der Waals surface area contributed by atoms with Crippen LogP contribution in [0.4, 0.5) is 5.69 Å². The van der Waals surface area contributed by atoms with Gasteiger partial charge < -0.3 is 14.4 Å². The van der Waals surface area contributed by atoms with Crippen LogP contribution in [-0.4, -0.2) is 26.7 Å². The molecule has 7 nitrogen and oxygen atoms in total. The second-order valence-electron chi connectivity index (χ2n) is 8.04. The van der Waals surface area contributed by atoms with Gasteiger partial charge in [0.25, 0.3) is 0 Å². The smallest absolute Gasteiger partial charge is 0.311 e. The van der Waals surface area contributed by atoms with Gasteiger partial charge in [0.2, 0.25) is 5.75 Å². The summed E-state index contributed by atoms with van der Waals surface area (Å²) in [5, 5.41) is 22.0. The quantitative estimate of drug-likeness (QED) is 0.378. The molecule has 0 radical (unpaired) electrons. The lowest BCUT2D eigenvalue weighted by molar-refractivity contribution is -0.386. The van der Waals surface area contributed by atoms with E-state index in [2.05, 4.69) is 11.5 Å². The lowest BCUT2D eigenvalue weighted by atomic mass is 9.97. The maximum atomic E-state index is 11.9. The van der Waals surface area contributed by atoms with E-state index in [1.165, 1.54) is 6.07 Å². The van der Waals surface area contributed by atoms with Crippen LogP contribution < -0.4 is 4.74 Å². The number of ether oxygens (including phenoxy) is 1. The summed E-state index contributed by atoms with van der Waals surface area (Å²) >= 11 is 0. The predicted octanol–water partition coefficient (Wildman–Crippen LogP) is 5.58. The zero-order valence-electron chi connectivity index (χ0n) is 17.5. The number of nitro benzene ring substituents is 1. The molecule has 31 heavy (non-hydrogen) atoms. The van der Waals surface area contributed by atoms with Crippen LogP contribution in [0.1, 0.15) is 44.6 Å². The summed E-state index contributed by atoms with van der Waals surface area (Å²) in [6.07, 6.45) is 6.01. The fourth-order valence-electron chi connectivity index (χ4n) is 4.36. The average molecular weight is 422 g/mol. The minimum absolute atomic E-state index is 0.0350. The van der Waals surface area contributed by atoms with E-state index >= 15 is 0 Å². The Bertz CT molecular complexity index is 1130. The Hall–Kier alpha value is -3.35. The van der Waals surface area contributed by atoms with E-state index in [4.69, 9.17) is 9.84 Å². The Morgan fingerprint density at radius 3 is 2.68 bits per heavy atom. The number of nitro groups is 1. The third-order valence-corrected chi connectivity index (χ3v) is 5.96. The normalized spacial score (nSPS) is 14.2. The first-order valence-electron chi connectivity index (χ1n) is 10.7. The van der Waals surface area contributed by atoms with Crippen molar-refractivity contribution in [1.29, 1.82) is 0 Å². The lowest BCUT2D eigenvalue weighted by Gasteiger charge is -2.18. The van der Waals surface area contributed by atoms with Crippen LogP contribution in [0.2, 0.25) is 0 Å². The third-order valence-electron chi connectivity index (χ3n) is 5.96. The number of hydrogen-bond donors (Lipinski definition) is 1. The van der Waals surface area contributed by atoms with Crippen LogP contribution in [-0.2, 0) is 17.8 Å². The summed E-state index contributed by atoms with van der Waals surface area (Å²) < 4.78 is 8.35. The standard InChI is InChI=1S/C24H26N2O5/c1-2-25-12-11-18-15-17(8-9-21(18)25)20-13-16(7-10-23(27)28)14-22(26(29)30)24(20)31-19-5-3-4-6-19/h8-9,11-15,19H,2-7,10H2,1H3,(H,27,28). The van der Waals surface area contributed by atoms with Crippen molar-refractivity contribution in [1.82, 2.24) is 4.57 Å². The van der Waals surface area contributed by atoms with Gasteiger partial charge in [-0.15, -0.1) is 0 Å². The van der Waals surface area contributed by atoms with E-state index in [0.29, 0.717) is 11.1 Å². The molecule has 162 valence electrons. The Kier molecular flexibility index (Phi) is 5.93. The van der Waals surface area contributed by atoms with Crippen molar-refractivity contribution in [3.8, 4) is 16.9 Å². The summed E-state index contributed by atoms with van der Waals surface area (Å²) in [6, 6.07) is 11.3. The third kappa shape index (κ3) is 4.40. The molecule has 1 aromatic heterocycles. The zero-order valence-corrected chi connectivity index (χ0v) is 17.5. The minimum Gasteiger partial charge on any atom is -0.483 e. The molecule has 1 heterocycles. The molecular formula is C24H26N2O5. The topological polar surface area (TPSA) is 94.6 Å². The number of carboxylic acids is 1. The highest BCUT2D eigenvalue weighted by Gasteiger charge is 2.27. The number of rotatable bonds is 8. The Labute approximate surface area is 180 Å². The van der Waals surface area contributed by atoms with Gasteiger partial charge in [0.15, 0.2) is 0 Å². The number of aryl methyl sites for hydroxylation is 2.